The lowest BCUT2D eigenvalue weighted by atomic mass is 9.99. The number of carbonyl (C=O) groups excluding carboxylic acids is 1. The van der Waals surface area contributed by atoms with Crippen LogP contribution in [0.2, 0.25) is 0 Å². The first-order chi connectivity index (χ1) is 8.00. The Balaban J connectivity index is 2.57. The summed E-state index contributed by atoms with van der Waals surface area (Å²) >= 11 is 0. The Morgan fingerprint density at radius 1 is 1.35 bits per heavy atom. The summed E-state index contributed by atoms with van der Waals surface area (Å²) in [6.07, 6.45) is 2.21. The van der Waals surface area contributed by atoms with Gasteiger partial charge in [0, 0.05) is 39.8 Å². The summed E-state index contributed by atoms with van der Waals surface area (Å²) in [6, 6.07) is 0. The van der Waals surface area contributed by atoms with Crippen molar-refractivity contribution in [3.05, 3.63) is 0 Å². The molecule has 1 heterocycles. The predicted octanol–water partition coefficient (Wildman–Crippen LogP) is 0.929. The molecule has 1 saturated heterocycles. The van der Waals surface area contributed by atoms with Gasteiger partial charge in [0.25, 0.3) is 0 Å². The number of rotatable bonds is 5. The fourth-order valence-corrected chi connectivity index (χ4v) is 2.32. The van der Waals surface area contributed by atoms with Crippen LogP contribution in [0.3, 0.4) is 0 Å². The first kappa shape index (κ1) is 14.5. The molecule has 17 heavy (non-hydrogen) atoms. The van der Waals surface area contributed by atoms with Gasteiger partial charge in [0.15, 0.2) is 0 Å². The molecule has 1 amide bonds. The molecule has 0 aromatic carbocycles. The molecule has 1 rings (SSSR count). The molecule has 1 aliphatic rings. The van der Waals surface area contributed by atoms with Crippen LogP contribution in [0.25, 0.3) is 0 Å². The normalized spacial score (nSPS) is 18.1. The summed E-state index contributed by atoms with van der Waals surface area (Å²) in [5.41, 5.74) is -0.370. The number of hydrogen-bond acceptors (Lipinski definition) is 3. The lowest BCUT2D eigenvalue weighted by molar-refractivity contribution is -0.141. The van der Waals surface area contributed by atoms with Crippen LogP contribution in [0.4, 0.5) is 0 Å². The van der Waals surface area contributed by atoms with E-state index in [1.807, 2.05) is 25.8 Å². The van der Waals surface area contributed by atoms with Gasteiger partial charge >= 0.3 is 0 Å². The highest BCUT2D eigenvalue weighted by Crippen LogP contribution is 2.18. The van der Waals surface area contributed by atoms with Crippen LogP contribution < -0.4 is 5.32 Å². The van der Waals surface area contributed by atoms with Crippen LogP contribution in [0.15, 0.2) is 0 Å². The van der Waals surface area contributed by atoms with E-state index < -0.39 is 0 Å². The van der Waals surface area contributed by atoms with Crippen molar-refractivity contribution in [2.45, 2.75) is 39.2 Å². The number of likely N-dealkylation sites (N-methyl/N-ethyl adjacent to an activating group) is 1. The number of piperazine rings is 1. The topological polar surface area (TPSA) is 35.6 Å². The molecule has 1 N–H and O–H groups in total. The number of nitrogens with zero attached hydrogens (tertiary/aromatic N) is 2. The van der Waals surface area contributed by atoms with Crippen molar-refractivity contribution >= 4 is 5.91 Å². The number of nitrogens with one attached hydrogen (secondary N) is 1. The van der Waals surface area contributed by atoms with E-state index in [0.717, 1.165) is 45.6 Å². The third kappa shape index (κ3) is 3.68. The zero-order chi connectivity index (χ0) is 12.9. The minimum absolute atomic E-state index is 0.243. The van der Waals surface area contributed by atoms with Gasteiger partial charge in [0.2, 0.25) is 5.91 Å². The van der Waals surface area contributed by atoms with E-state index in [0.29, 0.717) is 0 Å². The summed E-state index contributed by atoms with van der Waals surface area (Å²) < 4.78 is 0. The van der Waals surface area contributed by atoms with E-state index >= 15 is 0 Å². The third-order valence-electron chi connectivity index (χ3n) is 3.62. The summed E-state index contributed by atoms with van der Waals surface area (Å²) in [5.74, 6) is 0.243. The van der Waals surface area contributed by atoms with Gasteiger partial charge in [0.05, 0.1) is 5.54 Å². The van der Waals surface area contributed by atoms with Crippen LogP contribution in [0.5, 0.6) is 0 Å². The summed E-state index contributed by atoms with van der Waals surface area (Å²) in [5, 5.41) is 3.32. The van der Waals surface area contributed by atoms with E-state index in [1.165, 1.54) is 0 Å². The van der Waals surface area contributed by atoms with Crippen LogP contribution in [-0.2, 0) is 4.79 Å². The Morgan fingerprint density at radius 3 is 2.47 bits per heavy atom. The average Bonchev–Trinajstić information content (AvgIpc) is 2.36. The van der Waals surface area contributed by atoms with Crippen molar-refractivity contribution in [1.82, 2.24) is 15.1 Å². The van der Waals surface area contributed by atoms with Crippen molar-refractivity contribution in [3.63, 3.8) is 0 Å². The fourth-order valence-electron chi connectivity index (χ4n) is 2.32. The highest BCUT2D eigenvalue weighted by molar-refractivity contribution is 5.85. The van der Waals surface area contributed by atoms with Crippen molar-refractivity contribution in [2.75, 3.05) is 39.8 Å². The summed E-state index contributed by atoms with van der Waals surface area (Å²) in [7, 11) is 1.92. The fraction of sp³-hybridized carbons (Fsp3) is 0.923. The van der Waals surface area contributed by atoms with Gasteiger partial charge in [-0.25, -0.2) is 0 Å². The molecular weight excluding hydrogens is 214 g/mol. The molecule has 4 heteroatoms. The quantitative estimate of drug-likeness (QED) is 0.778. The highest BCUT2D eigenvalue weighted by Gasteiger charge is 2.36. The molecule has 1 fully saturated rings. The van der Waals surface area contributed by atoms with Crippen molar-refractivity contribution in [2.24, 2.45) is 0 Å². The summed E-state index contributed by atoms with van der Waals surface area (Å²) in [4.78, 5) is 16.6. The molecule has 100 valence electrons. The Morgan fingerprint density at radius 2 is 1.94 bits per heavy atom. The lowest BCUT2D eigenvalue weighted by Gasteiger charge is -2.41. The predicted molar refractivity (Wildman–Crippen MR) is 71.1 cm³/mol. The lowest BCUT2D eigenvalue weighted by Crippen LogP contribution is -2.60. The van der Waals surface area contributed by atoms with Crippen LogP contribution in [0.1, 0.15) is 33.6 Å². The first-order valence-corrected chi connectivity index (χ1v) is 6.71. The van der Waals surface area contributed by atoms with Crippen molar-refractivity contribution < 1.29 is 4.79 Å². The van der Waals surface area contributed by atoms with Gasteiger partial charge in [-0.1, -0.05) is 13.3 Å². The van der Waals surface area contributed by atoms with Crippen LogP contribution in [0, 0.1) is 0 Å². The second-order valence-corrected chi connectivity index (χ2v) is 5.38. The molecule has 0 aromatic heterocycles. The van der Waals surface area contributed by atoms with Gasteiger partial charge in [0.1, 0.15) is 0 Å². The van der Waals surface area contributed by atoms with Gasteiger partial charge in [-0.15, -0.1) is 0 Å². The van der Waals surface area contributed by atoms with Crippen molar-refractivity contribution in [1.29, 1.82) is 0 Å². The number of hydrogen-bond donors (Lipinski definition) is 1. The van der Waals surface area contributed by atoms with E-state index in [9.17, 15) is 4.79 Å². The standard InChI is InChI=1S/C13H27N3O/c1-5-6-9-15(4)12(17)13(2,3)16-10-7-14-8-11-16/h14H,5-11H2,1-4H3. The van der Waals surface area contributed by atoms with E-state index in [-0.39, 0.29) is 11.4 Å². The maximum atomic E-state index is 12.4. The molecule has 0 radical (unpaired) electrons. The summed E-state index contributed by atoms with van der Waals surface area (Å²) in [6.45, 7) is 11.0. The highest BCUT2D eigenvalue weighted by atomic mass is 16.2. The molecule has 1 aliphatic heterocycles. The molecule has 0 unspecified atom stereocenters. The number of carbonyl (C=O) groups is 1. The number of unbranched alkanes of at least 4 members (excludes halogenated alkanes) is 1. The maximum Gasteiger partial charge on any atom is 0.242 e. The smallest absolute Gasteiger partial charge is 0.242 e. The largest absolute Gasteiger partial charge is 0.344 e. The minimum atomic E-state index is -0.370. The number of amides is 1. The SMILES string of the molecule is CCCCN(C)C(=O)C(C)(C)N1CCNCC1. The van der Waals surface area contributed by atoms with Crippen molar-refractivity contribution in [3.8, 4) is 0 Å². The molecule has 0 spiro atoms. The molecule has 0 saturated carbocycles. The molecule has 0 aliphatic carbocycles. The molecule has 0 atom stereocenters. The molecular formula is C13H27N3O. The maximum absolute atomic E-state index is 12.4. The van der Waals surface area contributed by atoms with Crippen LogP contribution >= 0.6 is 0 Å². The Bertz CT molecular complexity index is 247. The average molecular weight is 241 g/mol. The van der Waals surface area contributed by atoms with Gasteiger partial charge in [-0.3, -0.25) is 9.69 Å². The van der Waals surface area contributed by atoms with Gasteiger partial charge in [-0.2, -0.15) is 0 Å². The second-order valence-electron chi connectivity index (χ2n) is 5.38. The van der Waals surface area contributed by atoms with E-state index in [4.69, 9.17) is 0 Å². The Kier molecular flexibility index (Phi) is 5.40. The monoisotopic (exact) mass is 241 g/mol. The zero-order valence-electron chi connectivity index (χ0n) is 11.8. The Hall–Kier alpha value is -0.610. The molecule has 0 bridgehead atoms. The molecule has 4 nitrogen and oxygen atoms in total. The minimum Gasteiger partial charge on any atom is -0.344 e. The van der Waals surface area contributed by atoms with Crippen LogP contribution in [-0.4, -0.2) is 61.0 Å². The zero-order valence-corrected chi connectivity index (χ0v) is 11.8. The Labute approximate surface area is 105 Å². The van der Waals surface area contributed by atoms with E-state index in [2.05, 4.69) is 17.1 Å². The van der Waals surface area contributed by atoms with Gasteiger partial charge < -0.3 is 10.2 Å². The third-order valence-corrected chi connectivity index (χ3v) is 3.62. The second kappa shape index (κ2) is 6.36. The molecule has 0 aromatic rings. The first-order valence-electron chi connectivity index (χ1n) is 6.71. The van der Waals surface area contributed by atoms with Gasteiger partial charge in [-0.05, 0) is 20.3 Å². The van der Waals surface area contributed by atoms with E-state index in [1.54, 1.807) is 0 Å².